The fraction of sp³-hybridized carbons (Fsp3) is 0.471. The van der Waals surface area contributed by atoms with Gasteiger partial charge in [-0.2, -0.15) is 0 Å². The van der Waals surface area contributed by atoms with Crippen LogP contribution in [0, 0.1) is 11.8 Å². The maximum absolute atomic E-state index is 5.21. The van der Waals surface area contributed by atoms with E-state index < -0.39 is 0 Å². The molecule has 98 valence electrons. The van der Waals surface area contributed by atoms with Gasteiger partial charge in [-0.3, -0.25) is 4.99 Å². The number of nitrogens with zero attached hydrogens (tertiary/aromatic N) is 1. The Hall–Kier alpha value is -1.02. The highest BCUT2D eigenvalue weighted by molar-refractivity contribution is 8.13. The van der Waals surface area contributed by atoms with Gasteiger partial charge in [0.05, 0.1) is 10.6 Å². The smallest absolute Gasteiger partial charge is 0.0757 e. The fourth-order valence-corrected chi connectivity index (χ4v) is 5.00. The third-order valence-corrected chi connectivity index (χ3v) is 5.96. The lowest BCUT2D eigenvalue weighted by atomic mass is 9.71. The number of rotatable bonds is 1. The summed E-state index contributed by atoms with van der Waals surface area (Å²) >= 11 is 1.84. The molecule has 1 fully saturated rings. The van der Waals surface area contributed by atoms with Crippen LogP contribution in [0.1, 0.15) is 30.7 Å². The van der Waals surface area contributed by atoms with Crippen molar-refractivity contribution in [2.24, 2.45) is 16.8 Å². The van der Waals surface area contributed by atoms with Gasteiger partial charge in [0.2, 0.25) is 0 Å². The third-order valence-electron chi connectivity index (χ3n) is 5.19. The van der Waals surface area contributed by atoms with Crippen LogP contribution in [0.3, 0.4) is 0 Å². The zero-order valence-corrected chi connectivity index (χ0v) is 12.1. The molecule has 2 bridgehead atoms. The maximum atomic E-state index is 5.21. The molecule has 19 heavy (non-hydrogen) atoms. The molecule has 1 aromatic rings. The van der Waals surface area contributed by atoms with E-state index in [1.165, 1.54) is 29.9 Å². The Bertz CT molecular complexity index is 548. The second kappa shape index (κ2) is 4.24. The van der Waals surface area contributed by atoms with E-state index in [-0.39, 0.29) is 5.54 Å². The highest BCUT2D eigenvalue weighted by Gasteiger charge is 2.57. The van der Waals surface area contributed by atoms with Crippen molar-refractivity contribution >= 4 is 16.8 Å². The fourth-order valence-electron chi connectivity index (χ4n) is 4.43. The molecule has 0 saturated heterocycles. The molecule has 0 aromatic heterocycles. The molecule has 4 unspecified atom stereocenters. The first-order valence-electron chi connectivity index (χ1n) is 7.19. The average molecular weight is 269 g/mol. The van der Waals surface area contributed by atoms with Crippen LogP contribution in [0.4, 0.5) is 0 Å². The van der Waals surface area contributed by atoms with Crippen molar-refractivity contribution in [3.63, 3.8) is 0 Å². The molecule has 4 rings (SSSR count). The number of benzene rings is 1. The van der Waals surface area contributed by atoms with E-state index in [4.69, 9.17) is 4.99 Å². The first-order chi connectivity index (χ1) is 9.33. The summed E-state index contributed by atoms with van der Waals surface area (Å²) in [4.78, 5) is 5.21. The Morgan fingerprint density at radius 3 is 2.79 bits per heavy atom. The molecule has 1 aliphatic heterocycles. The SMILES string of the molecule is CSC1=NC2(CC1)C1C=CC(C1)C2c1ccccc1. The lowest BCUT2D eigenvalue weighted by molar-refractivity contribution is 0.318. The van der Waals surface area contributed by atoms with Crippen molar-refractivity contribution in [3.05, 3.63) is 48.0 Å². The second-order valence-electron chi connectivity index (χ2n) is 5.98. The van der Waals surface area contributed by atoms with Crippen molar-refractivity contribution in [1.82, 2.24) is 0 Å². The Labute approximate surface area is 119 Å². The van der Waals surface area contributed by atoms with Crippen LogP contribution < -0.4 is 0 Å². The standard InChI is InChI=1S/C17H19NS/c1-19-15-9-10-17(18-15)14-8-7-13(11-14)16(17)12-5-3-2-4-6-12/h2-8,13-14,16H,9-11H2,1H3. The van der Waals surface area contributed by atoms with E-state index in [0.29, 0.717) is 17.8 Å². The molecular weight excluding hydrogens is 250 g/mol. The molecule has 1 spiro atoms. The van der Waals surface area contributed by atoms with E-state index in [0.717, 1.165) is 0 Å². The summed E-state index contributed by atoms with van der Waals surface area (Å²) in [6.45, 7) is 0. The largest absolute Gasteiger partial charge is 0.275 e. The summed E-state index contributed by atoms with van der Waals surface area (Å²) in [7, 11) is 0. The number of aliphatic imine (C=N–C) groups is 1. The molecule has 2 heteroatoms. The van der Waals surface area contributed by atoms with Gasteiger partial charge < -0.3 is 0 Å². The second-order valence-corrected chi connectivity index (χ2v) is 6.86. The number of allylic oxidation sites excluding steroid dienone is 1. The lowest BCUT2D eigenvalue weighted by Crippen LogP contribution is -2.36. The Morgan fingerprint density at radius 2 is 2.05 bits per heavy atom. The predicted molar refractivity (Wildman–Crippen MR) is 82.8 cm³/mol. The van der Waals surface area contributed by atoms with E-state index >= 15 is 0 Å². The highest BCUT2D eigenvalue weighted by Crippen LogP contribution is 2.61. The van der Waals surface area contributed by atoms with Crippen LogP contribution in [0.5, 0.6) is 0 Å². The molecule has 2 aliphatic carbocycles. The number of thioether (sulfide) groups is 1. The summed E-state index contributed by atoms with van der Waals surface area (Å²) in [5, 5.41) is 1.36. The maximum Gasteiger partial charge on any atom is 0.0757 e. The van der Waals surface area contributed by atoms with Crippen molar-refractivity contribution < 1.29 is 0 Å². The minimum absolute atomic E-state index is 0.180. The molecule has 4 atom stereocenters. The Morgan fingerprint density at radius 1 is 1.21 bits per heavy atom. The van der Waals surface area contributed by atoms with Crippen LogP contribution in [-0.2, 0) is 0 Å². The molecule has 3 aliphatic rings. The van der Waals surface area contributed by atoms with Gasteiger partial charge in [-0.25, -0.2) is 0 Å². The molecule has 0 amide bonds. The average Bonchev–Trinajstić information content (AvgIpc) is 3.14. The quantitative estimate of drug-likeness (QED) is 0.694. The lowest BCUT2D eigenvalue weighted by Gasteiger charge is -2.36. The summed E-state index contributed by atoms with van der Waals surface area (Å²) in [5.74, 6) is 1.98. The van der Waals surface area contributed by atoms with E-state index in [9.17, 15) is 0 Å². The Balaban J connectivity index is 1.81. The first kappa shape index (κ1) is 11.8. The zero-order valence-electron chi connectivity index (χ0n) is 11.3. The Kier molecular flexibility index (Phi) is 2.63. The van der Waals surface area contributed by atoms with Gasteiger partial charge in [0.25, 0.3) is 0 Å². The summed E-state index contributed by atoms with van der Waals surface area (Å²) < 4.78 is 0. The molecule has 1 heterocycles. The van der Waals surface area contributed by atoms with Gasteiger partial charge in [0.15, 0.2) is 0 Å². The van der Waals surface area contributed by atoms with Crippen LogP contribution in [0.2, 0.25) is 0 Å². The molecule has 0 radical (unpaired) electrons. The van der Waals surface area contributed by atoms with Crippen molar-refractivity contribution in [2.75, 3.05) is 6.26 Å². The minimum Gasteiger partial charge on any atom is -0.275 e. The molecular formula is C17H19NS. The summed E-state index contributed by atoms with van der Waals surface area (Å²) in [6.07, 6.45) is 10.8. The van der Waals surface area contributed by atoms with Gasteiger partial charge in [0, 0.05) is 11.8 Å². The molecule has 1 nitrogen and oxygen atoms in total. The van der Waals surface area contributed by atoms with Crippen LogP contribution in [0.15, 0.2) is 47.5 Å². The highest BCUT2D eigenvalue weighted by atomic mass is 32.2. The summed E-state index contributed by atoms with van der Waals surface area (Å²) in [6, 6.07) is 11.1. The summed E-state index contributed by atoms with van der Waals surface area (Å²) in [5.41, 5.74) is 1.67. The predicted octanol–water partition coefficient (Wildman–Crippen LogP) is 4.27. The van der Waals surface area contributed by atoms with Crippen molar-refractivity contribution in [2.45, 2.75) is 30.7 Å². The van der Waals surface area contributed by atoms with E-state index in [1.54, 1.807) is 0 Å². The first-order valence-corrected chi connectivity index (χ1v) is 8.42. The number of hydrogen-bond acceptors (Lipinski definition) is 2. The molecule has 1 saturated carbocycles. The van der Waals surface area contributed by atoms with Gasteiger partial charge >= 0.3 is 0 Å². The van der Waals surface area contributed by atoms with E-state index in [1.807, 2.05) is 11.8 Å². The topological polar surface area (TPSA) is 12.4 Å². The van der Waals surface area contributed by atoms with E-state index in [2.05, 4.69) is 48.7 Å². The van der Waals surface area contributed by atoms with Gasteiger partial charge in [-0.05, 0) is 37.0 Å². The van der Waals surface area contributed by atoms with Crippen LogP contribution >= 0.6 is 11.8 Å². The zero-order chi connectivity index (χ0) is 12.9. The van der Waals surface area contributed by atoms with Crippen molar-refractivity contribution in [1.29, 1.82) is 0 Å². The normalized spacial score (nSPS) is 39.2. The van der Waals surface area contributed by atoms with Gasteiger partial charge in [-0.1, -0.05) is 42.5 Å². The van der Waals surface area contributed by atoms with Crippen LogP contribution in [0.25, 0.3) is 0 Å². The van der Waals surface area contributed by atoms with Crippen molar-refractivity contribution in [3.8, 4) is 0 Å². The van der Waals surface area contributed by atoms with Crippen LogP contribution in [-0.4, -0.2) is 16.8 Å². The number of fused-ring (bicyclic) bond motifs is 3. The molecule has 1 aromatic carbocycles. The third kappa shape index (κ3) is 1.59. The number of hydrogen-bond donors (Lipinski definition) is 0. The minimum atomic E-state index is 0.180. The van der Waals surface area contributed by atoms with Gasteiger partial charge in [-0.15, -0.1) is 11.8 Å². The van der Waals surface area contributed by atoms with Gasteiger partial charge in [0.1, 0.15) is 0 Å². The monoisotopic (exact) mass is 269 g/mol. The molecule has 0 N–H and O–H groups in total.